The SMILES string of the molecule is Cc1cc2ccoc2cc1C#N. The Hall–Kier alpha value is -1.75. The summed E-state index contributed by atoms with van der Waals surface area (Å²) in [6, 6.07) is 7.73. The van der Waals surface area contributed by atoms with Gasteiger partial charge in [-0.2, -0.15) is 5.26 Å². The van der Waals surface area contributed by atoms with Crippen molar-refractivity contribution in [1.82, 2.24) is 0 Å². The van der Waals surface area contributed by atoms with Crippen molar-refractivity contribution in [2.75, 3.05) is 0 Å². The second-order valence-electron chi connectivity index (χ2n) is 2.74. The number of nitrogens with zero attached hydrogens (tertiary/aromatic N) is 1. The zero-order valence-corrected chi connectivity index (χ0v) is 6.66. The number of hydrogen-bond donors (Lipinski definition) is 0. The third kappa shape index (κ3) is 0.876. The first-order chi connectivity index (χ1) is 5.81. The fourth-order valence-corrected chi connectivity index (χ4v) is 1.24. The van der Waals surface area contributed by atoms with Gasteiger partial charge in [-0.15, -0.1) is 0 Å². The lowest BCUT2D eigenvalue weighted by Gasteiger charge is -1.94. The molecule has 0 spiro atoms. The molecule has 0 unspecified atom stereocenters. The highest BCUT2D eigenvalue weighted by Gasteiger charge is 2.01. The van der Waals surface area contributed by atoms with E-state index in [4.69, 9.17) is 9.68 Å². The molecule has 2 nitrogen and oxygen atoms in total. The topological polar surface area (TPSA) is 36.9 Å². The Morgan fingerprint density at radius 2 is 2.25 bits per heavy atom. The average Bonchev–Trinajstić information content (AvgIpc) is 2.49. The van der Waals surface area contributed by atoms with Crippen LogP contribution in [-0.2, 0) is 0 Å². The van der Waals surface area contributed by atoms with Gasteiger partial charge < -0.3 is 4.42 Å². The van der Waals surface area contributed by atoms with Crippen LogP contribution in [-0.4, -0.2) is 0 Å². The van der Waals surface area contributed by atoms with Crippen molar-refractivity contribution in [2.45, 2.75) is 6.92 Å². The lowest BCUT2D eigenvalue weighted by atomic mass is 10.1. The van der Waals surface area contributed by atoms with Crippen LogP contribution in [0, 0.1) is 18.3 Å². The summed E-state index contributed by atoms with van der Waals surface area (Å²) in [5.74, 6) is 0. The van der Waals surface area contributed by atoms with Gasteiger partial charge in [0.25, 0.3) is 0 Å². The number of hydrogen-bond acceptors (Lipinski definition) is 2. The smallest absolute Gasteiger partial charge is 0.135 e. The molecule has 2 rings (SSSR count). The van der Waals surface area contributed by atoms with Gasteiger partial charge >= 0.3 is 0 Å². The van der Waals surface area contributed by atoms with Crippen molar-refractivity contribution in [1.29, 1.82) is 5.26 Å². The third-order valence-electron chi connectivity index (χ3n) is 1.92. The van der Waals surface area contributed by atoms with Crippen molar-refractivity contribution in [3.8, 4) is 6.07 Å². The van der Waals surface area contributed by atoms with Crippen LogP contribution in [0.3, 0.4) is 0 Å². The van der Waals surface area contributed by atoms with Crippen LogP contribution in [0.1, 0.15) is 11.1 Å². The monoisotopic (exact) mass is 157 g/mol. The van der Waals surface area contributed by atoms with E-state index in [1.54, 1.807) is 12.3 Å². The van der Waals surface area contributed by atoms with E-state index >= 15 is 0 Å². The zero-order valence-electron chi connectivity index (χ0n) is 6.66. The second kappa shape index (κ2) is 2.38. The molecule has 0 N–H and O–H groups in total. The lowest BCUT2D eigenvalue weighted by molar-refractivity contribution is 0.615. The van der Waals surface area contributed by atoms with Gasteiger partial charge in [-0.05, 0) is 30.7 Å². The molecule has 2 heteroatoms. The van der Waals surface area contributed by atoms with E-state index < -0.39 is 0 Å². The van der Waals surface area contributed by atoms with Crippen molar-refractivity contribution < 1.29 is 4.42 Å². The molecule has 0 fully saturated rings. The van der Waals surface area contributed by atoms with E-state index in [1.165, 1.54) is 0 Å². The first kappa shape index (κ1) is 6.93. The fraction of sp³-hybridized carbons (Fsp3) is 0.100. The molecule has 0 bridgehead atoms. The second-order valence-corrected chi connectivity index (χ2v) is 2.74. The Morgan fingerprint density at radius 3 is 3.00 bits per heavy atom. The molecule has 0 atom stereocenters. The molecule has 0 aliphatic heterocycles. The van der Waals surface area contributed by atoms with Gasteiger partial charge in [0, 0.05) is 5.39 Å². The van der Waals surface area contributed by atoms with Gasteiger partial charge in [-0.3, -0.25) is 0 Å². The molecule has 12 heavy (non-hydrogen) atoms. The Balaban J connectivity index is 2.84. The molecule has 0 aliphatic carbocycles. The van der Waals surface area contributed by atoms with E-state index in [9.17, 15) is 0 Å². The van der Waals surface area contributed by atoms with E-state index in [0.717, 1.165) is 16.5 Å². The maximum Gasteiger partial charge on any atom is 0.135 e. The predicted octanol–water partition coefficient (Wildman–Crippen LogP) is 2.61. The number of rotatable bonds is 0. The molecule has 0 aliphatic rings. The summed E-state index contributed by atoms with van der Waals surface area (Å²) in [6.45, 7) is 1.92. The number of benzene rings is 1. The summed E-state index contributed by atoms with van der Waals surface area (Å²) in [7, 11) is 0. The van der Waals surface area contributed by atoms with Crippen LogP contribution in [0.4, 0.5) is 0 Å². The quantitative estimate of drug-likeness (QED) is 0.589. The Kier molecular flexibility index (Phi) is 1.38. The summed E-state index contributed by atoms with van der Waals surface area (Å²) < 4.78 is 5.16. The van der Waals surface area contributed by atoms with E-state index in [2.05, 4.69) is 6.07 Å². The Morgan fingerprint density at radius 1 is 1.42 bits per heavy atom. The molecule has 0 saturated carbocycles. The molecular formula is C10H7NO. The van der Waals surface area contributed by atoms with Crippen molar-refractivity contribution in [3.05, 3.63) is 35.6 Å². The van der Waals surface area contributed by atoms with Crippen LogP contribution >= 0.6 is 0 Å². The summed E-state index contributed by atoms with van der Waals surface area (Å²) in [5, 5.41) is 9.77. The van der Waals surface area contributed by atoms with Crippen LogP contribution in [0.2, 0.25) is 0 Å². The third-order valence-corrected chi connectivity index (χ3v) is 1.92. The minimum Gasteiger partial charge on any atom is -0.464 e. The van der Waals surface area contributed by atoms with Crippen molar-refractivity contribution in [3.63, 3.8) is 0 Å². The molecule has 1 aromatic heterocycles. The Labute approximate surface area is 70.0 Å². The van der Waals surface area contributed by atoms with E-state index in [1.807, 2.05) is 19.1 Å². The highest BCUT2D eigenvalue weighted by Crippen LogP contribution is 2.19. The minimum absolute atomic E-state index is 0.678. The largest absolute Gasteiger partial charge is 0.464 e. The fourth-order valence-electron chi connectivity index (χ4n) is 1.24. The summed E-state index contributed by atoms with van der Waals surface area (Å²) in [5.41, 5.74) is 2.45. The van der Waals surface area contributed by atoms with E-state index in [0.29, 0.717) is 5.56 Å². The van der Waals surface area contributed by atoms with Gasteiger partial charge in [-0.25, -0.2) is 0 Å². The maximum absolute atomic E-state index is 8.72. The van der Waals surface area contributed by atoms with Crippen molar-refractivity contribution in [2.24, 2.45) is 0 Å². The number of furan rings is 1. The molecule has 58 valence electrons. The maximum atomic E-state index is 8.72. The number of aryl methyl sites for hydroxylation is 1. The van der Waals surface area contributed by atoms with Crippen LogP contribution in [0.5, 0.6) is 0 Å². The van der Waals surface area contributed by atoms with Crippen LogP contribution in [0.25, 0.3) is 11.0 Å². The molecule has 0 saturated heterocycles. The molecule has 2 aromatic rings. The van der Waals surface area contributed by atoms with Gasteiger partial charge in [0.05, 0.1) is 17.9 Å². The van der Waals surface area contributed by atoms with Crippen molar-refractivity contribution >= 4 is 11.0 Å². The number of fused-ring (bicyclic) bond motifs is 1. The molecule has 1 heterocycles. The zero-order chi connectivity index (χ0) is 8.55. The van der Waals surface area contributed by atoms with Gasteiger partial charge in [0.15, 0.2) is 0 Å². The summed E-state index contributed by atoms with van der Waals surface area (Å²) in [6.07, 6.45) is 1.63. The first-order valence-electron chi connectivity index (χ1n) is 3.69. The summed E-state index contributed by atoms with van der Waals surface area (Å²) >= 11 is 0. The molecule has 1 aromatic carbocycles. The van der Waals surface area contributed by atoms with Gasteiger partial charge in [0.1, 0.15) is 5.58 Å². The van der Waals surface area contributed by atoms with E-state index in [-0.39, 0.29) is 0 Å². The standard InChI is InChI=1S/C10H7NO/c1-7-4-8-2-3-12-10(8)5-9(7)6-11/h2-5H,1H3. The Bertz CT molecular complexity index is 462. The minimum atomic E-state index is 0.678. The van der Waals surface area contributed by atoms with Gasteiger partial charge in [-0.1, -0.05) is 0 Å². The molecule has 0 radical (unpaired) electrons. The molecular weight excluding hydrogens is 150 g/mol. The number of nitriles is 1. The van der Waals surface area contributed by atoms with Crippen LogP contribution < -0.4 is 0 Å². The first-order valence-corrected chi connectivity index (χ1v) is 3.69. The average molecular weight is 157 g/mol. The van der Waals surface area contributed by atoms with Crippen LogP contribution in [0.15, 0.2) is 28.9 Å². The highest BCUT2D eigenvalue weighted by molar-refractivity contribution is 5.79. The normalized spacial score (nSPS) is 10.0. The van der Waals surface area contributed by atoms with Gasteiger partial charge in [0.2, 0.25) is 0 Å². The lowest BCUT2D eigenvalue weighted by Crippen LogP contribution is -1.79. The highest BCUT2D eigenvalue weighted by atomic mass is 16.3. The molecule has 0 amide bonds. The summed E-state index contributed by atoms with van der Waals surface area (Å²) in [4.78, 5) is 0. The predicted molar refractivity (Wildman–Crippen MR) is 45.7 cm³/mol.